The van der Waals surface area contributed by atoms with Gasteiger partial charge < -0.3 is 4.74 Å². The fourth-order valence-corrected chi connectivity index (χ4v) is 2.42. The van der Waals surface area contributed by atoms with Crippen LogP contribution >= 0.6 is 0 Å². The minimum Gasteiger partial charge on any atom is -0.462 e. The Kier molecular flexibility index (Phi) is 4.81. The van der Waals surface area contributed by atoms with Gasteiger partial charge in [-0.2, -0.15) is 5.10 Å². The van der Waals surface area contributed by atoms with Crippen LogP contribution in [0.4, 0.5) is 5.82 Å². The molecule has 2 aromatic rings. The molecular weight excluding hydrogens is 306 g/mol. The quantitative estimate of drug-likeness (QED) is 0.819. The highest BCUT2D eigenvalue weighted by Gasteiger charge is 2.22. The van der Waals surface area contributed by atoms with Crippen molar-refractivity contribution in [3.63, 3.8) is 0 Å². The van der Waals surface area contributed by atoms with Crippen LogP contribution in [0.5, 0.6) is 0 Å². The summed E-state index contributed by atoms with van der Waals surface area (Å²) in [7, 11) is -3.56. The monoisotopic (exact) mass is 323 g/mol. The number of carbonyl (C=O) groups is 1. The Morgan fingerprint density at radius 2 is 1.95 bits per heavy atom. The molecule has 0 saturated carbocycles. The van der Waals surface area contributed by atoms with Crippen molar-refractivity contribution >= 4 is 21.8 Å². The lowest BCUT2D eigenvalue weighted by Gasteiger charge is -2.11. The fraction of sp³-hybridized carbons (Fsp3) is 0.286. The van der Waals surface area contributed by atoms with Crippen LogP contribution in [0.15, 0.2) is 36.5 Å². The molecule has 0 saturated heterocycles. The topological polar surface area (TPSA) is 90.3 Å². The Morgan fingerprint density at radius 1 is 1.27 bits per heavy atom. The number of rotatable bonds is 6. The van der Waals surface area contributed by atoms with Crippen molar-refractivity contribution in [1.82, 2.24) is 9.78 Å². The summed E-state index contributed by atoms with van der Waals surface area (Å²) in [5, 5.41) is 4.10. The van der Waals surface area contributed by atoms with Gasteiger partial charge in [0.1, 0.15) is 5.56 Å². The Balaban J connectivity index is 2.53. The molecule has 0 spiro atoms. The number of anilines is 1. The minimum absolute atomic E-state index is 0.0720. The van der Waals surface area contributed by atoms with Gasteiger partial charge >= 0.3 is 5.97 Å². The molecule has 1 N–H and O–H groups in total. The van der Waals surface area contributed by atoms with E-state index in [1.165, 1.54) is 17.8 Å². The average Bonchev–Trinajstić information content (AvgIpc) is 2.91. The fourth-order valence-electron chi connectivity index (χ4n) is 1.79. The van der Waals surface area contributed by atoms with Crippen LogP contribution in [0, 0.1) is 0 Å². The van der Waals surface area contributed by atoms with Gasteiger partial charge in [-0.05, 0) is 26.0 Å². The lowest BCUT2D eigenvalue weighted by atomic mass is 10.3. The first-order chi connectivity index (χ1) is 10.5. The molecule has 0 amide bonds. The van der Waals surface area contributed by atoms with E-state index in [0.717, 1.165) is 0 Å². The number of nitrogens with zero attached hydrogens (tertiary/aromatic N) is 2. The molecule has 118 valence electrons. The van der Waals surface area contributed by atoms with E-state index in [1.54, 1.807) is 31.2 Å². The summed E-state index contributed by atoms with van der Waals surface area (Å²) in [5.41, 5.74) is 0.703. The van der Waals surface area contributed by atoms with Crippen LogP contribution < -0.4 is 4.72 Å². The summed E-state index contributed by atoms with van der Waals surface area (Å²) in [4.78, 5) is 12.0. The zero-order chi connectivity index (χ0) is 16.2. The number of para-hydroxylation sites is 1. The SMILES string of the molecule is CCOC(=O)c1cnn(-c2ccccc2)c1NS(=O)(=O)CC. The molecule has 0 aliphatic heterocycles. The number of hydrogen-bond donors (Lipinski definition) is 1. The van der Waals surface area contributed by atoms with E-state index in [0.29, 0.717) is 5.69 Å². The second kappa shape index (κ2) is 6.61. The summed E-state index contributed by atoms with van der Waals surface area (Å²) in [5.74, 6) is -0.667. The zero-order valence-corrected chi connectivity index (χ0v) is 13.1. The van der Waals surface area contributed by atoms with Crippen molar-refractivity contribution in [1.29, 1.82) is 0 Å². The van der Waals surface area contributed by atoms with Gasteiger partial charge in [-0.15, -0.1) is 0 Å². The third-order valence-electron chi connectivity index (χ3n) is 2.90. The molecule has 0 unspecified atom stereocenters. The van der Waals surface area contributed by atoms with E-state index in [1.807, 2.05) is 6.07 Å². The number of sulfonamides is 1. The van der Waals surface area contributed by atoms with Gasteiger partial charge in [-0.3, -0.25) is 4.72 Å². The van der Waals surface area contributed by atoms with Crippen LogP contribution in [0.3, 0.4) is 0 Å². The predicted molar refractivity (Wildman–Crippen MR) is 82.6 cm³/mol. The number of benzene rings is 1. The molecule has 1 aromatic heterocycles. The maximum Gasteiger partial charge on any atom is 0.343 e. The van der Waals surface area contributed by atoms with E-state index in [9.17, 15) is 13.2 Å². The summed E-state index contributed by atoms with van der Waals surface area (Å²) < 4.78 is 32.5. The van der Waals surface area contributed by atoms with Crippen molar-refractivity contribution in [2.75, 3.05) is 17.1 Å². The normalized spacial score (nSPS) is 11.2. The predicted octanol–water partition coefficient (Wildman–Crippen LogP) is 1.81. The van der Waals surface area contributed by atoms with E-state index >= 15 is 0 Å². The lowest BCUT2D eigenvalue weighted by molar-refractivity contribution is 0.0527. The molecule has 1 heterocycles. The lowest BCUT2D eigenvalue weighted by Crippen LogP contribution is -2.19. The van der Waals surface area contributed by atoms with E-state index < -0.39 is 16.0 Å². The van der Waals surface area contributed by atoms with Crippen LogP contribution in [0.2, 0.25) is 0 Å². The van der Waals surface area contributed by atoms with E-state index in [2.05, 4.69) is 9.82 Å². The molecule has 22 heavy (non-hydrogen) atoms. The smallest absolute Gasteiger partial charge is 0.343 e. The molecule has 8 heteroatoms. The van der Waals surface area contributed by atoms with Crippen LogP contribution in [-0.4, -0.2) is 36.5 Å². The third kappa shape index (κ3) is 3.45. The molecule has 0 aliphatic rings. The molecule has 1 aromatic carbocycles. The maximum atomic E-state index is 12.0. The number of esters is 1. The van der Waals surface area contributed by atoms with Gasteiger partial charge in [-0.1, -0.05) is 18.2 Å². The minimum atomic E-state index is -3.56. The summed E-state index contributed by atoms with van der Waals surface area (Å²) in [6.45, 7) is 3.38. The highest BCUT2D eigenvalue weighted by Crippen LogP contribution is 2.22. The third-order valence-corrected chi connectivity index (χ3v) is 4.16. The van der Waals surface area contributed by atoms with Crippen molar-refractivity contribution < 1.29 is 17.9 Å². The Morgan fingerprint density at radius 3 is 2.55 bits per heavy atom. The van der Waals surface area contributed by atoms with Gasteiger partial charge in [0.25, 0.3) is 0 Å². The second-order valence-corrected chi connectivity index (χ2v) is 6.39. The molecule has 7 nitrogen and oxygen atoms in total. The zero-order valence-electron chi connectivity index (χ0n) is 12.3. The van der Waals surface area contributed by atoms with E-state index in [-0.39, 0.29) is 23.7 Å². The van der Waals surface area contributed by atoms with Gasteiger partial charge in [0.05, 0.1) is 24.2 Å². The second-order valence-electron chi connectivity index (χ2n) is 4.38. The Labute approximate surface area is 129 Å². The van der Waals surface area contributed by atoms with Crippen LogP contribution in [0.1, 0.15) is 24.2 Å². The first kappa shape index (κ1) is 16.0. The van der Waals surface area contributed by atoms with Crippen molar-refractivity contribution in [2.24, 2.45) is 0 Å². The highest BCUT2D eigenvalue weighted by atomic mass is 32.2. The molecule has 0 atom stereocenters. The number of ether oxygens (including phenoxy) is 1. The molecule has 0 radical (unpaired) electrons. The van der Waals surface area contributed by atoms with Crippen molar-refractivity contribution in [3.05, 3.63) is 42.1 Å². The van der Waals surface area contributed by atoms with Crippen molar-refractivity contribution in [2.45, 2.75) is 13.8 Å². The first-order valence-electron chi connectivity index (χ1n) is 6.79. The Bertz CT molecular complexity index is 754. The van der Waals surface area contributed by atoms with Gasteiger partial charge in [0, 0.05) is 0 Å². The Hall–Kier alpha value is -2.35. The first-order valence-corrected chi connectivity index (χ1v) is 8.44. The average molecular weight is 323 g/mol. The molecule has 2 rings (SSSR count). The number of aromatic nitrogens is 2. The number of nitrogens with one attached hydrogen (secondary N) is 1. The van der Waals surface area contributed by atoms with Gasteiger partial charge in [0.15, 0.2) is 5.82 Å². The maximum absolute atomic E-state index is 12.0. The van der Waals surface area contributed by atoms with Gasteiger partial charge in [-0.25, -0.2) is 17.9 Å². The number of hydrogen-bond acceptors (Lipinski definition) is 5. The largest absolute Gasteiger partial charge is 0.462 e. The summed E-state index contributed by atoms with van der Waals surface area (Å²) in [6, 6.07) is 8.92. The van der Waals surface area contributed by atoms with Crippen molar-refractivity contribution in [3.8, 4) is 5.69 Å². The summed E-state index contributed by atoms with van der Waals surface area (Å²) in [6.07, 6.45) is 1.29. The molecule has 0 aliphatic carbocycles. The molecule has 0 fully saturated rings. The summed E-state index contributed by atoms with van der Waals surface area (Å²) >= 11 is 0. The van der Waals surface area contributed by atoms with Crippen LogP contribution in [0.25, 0.3) is 5.69 Å². The highest BCUT2D eigenvalue weighted by molar-refractivity contribution is 7.92. The van der Waals surface area contributed by atoms with Gasteiger partial charge in [0.2, 0.25) is 10.0 Å². The standard InChI is InChI=1S/C14H17N3O4S/c1-3-21-14(18)12-10-15-17(11-8-6-5-7-9-11)13(12)16-22(19,20)4-2/h5-10,16H,3-4H2,1-2H3. The molecular formula is C14H17N3O4S. The van der Waals surface area contributed by atoms with Crippen LogP contribution in [-0.2, 0) is 14.8 Å². The van der Waals surface area contributed by atoms with E-state index in [4.69, 9.17) is 4.74 Å². The number of carbonyl (C=O) groups excluding carboxylic acids is 1. The molecule has 0 bridgehead atoms.